The Labute approximate surface area is 100 Å². The van der Waals surface area contributed by atoms with Gasteiger partial charge in [0.2, 0.25) is 0 Å². The van der Waals surface area contributed by atoms with Gasteiger partial charge in [0.1, 0.15) is 0 Å². The predicted molar refractivity (Wildman–Crippen MR) is 63.0 cm³/mol. The van der Waals surface area contributed by atoms with E-state index in [1.807, 2.05) is 24.3 Å². The normalized spacial score (nSPS) is 12.2. The molecule has 0 bridgehead atoms. The summed E-state index contributed by atoms with van der Waals surface area (Å²) >= 11 is 18.0. The maximum Gasteiger partial charge on any atom is 0.258 e. The molecule has 0 N–H and O–H groups in total. The molecule has 1 heterocycles. The van der Waals surface area contributed by atoms with Crippen LogP contribution in [0.2, 0.25) is 0 Å². The number of benzene rings is 1. The van der Waals surface area contributed by atoms with Gasteiger partial charge >= 0.3 is 0 Å². The van der Waals surface area contributed by atoms with Gasteiger partial charge in [0.15, 0.2) is 0 Å². The Bertz CT molecular complexity index is 449. The highest BCUT2D eigenvalue weighted by molar-refractivity contribution is 8.03. The Morgan fingerprint density at radius 2 is 1.93 bits per heavy atom. The Morgan fingerprint density at radius 1 is 1.21 bits per heavy atom. The van der Waals surface area contributed by atoms with E-state index in [0.717, 1.165) is 22.9 Å². The molecule has 2 nitrogen and oxygen atoms in total. The third-order valence-electron chi connectivity index (χ3n) is 1.63. The van der Waals surface area contributed by atoms with E-state index in [1.54, 1.807) is 10.3 Å². The summed E-state index contributed by atoms with van der Waals surface area (Å²) in [5.74, 6) is 0. The molecule has 0 aliphatic rings. The van der Waals surface area contributed by atoms with Gasteiger partial charge < -0.3 is 0 Å². The van der Waals surface area contributed by atoms with Crippen LogP contribution in [-0.4, -0.2) is 12.3 Å². The largest absolute Gasteiger partial charge is 0.258 e. The molecule has 0 saturated carbocycles. The molecule has 2 aromatic rings. The monoisotopic (exact) mass is 266 g/mol. The highest BCUT2D eigenvalue weighted by atomic mass is 35.6. The van der Waals surface area contributed by atoms with Crippen LogP contribution >= 0.6 is 46.8 Å². The van der Waals surface area contributed by atoms with Gasteiger partial charge in [-0.05, 0) is 6.07 Å². The third kappa shape index (κ3) is 2.28. The van der Waals surface area contributed by atoms with Crippen molar-refractivity contribution in [3.05, 3.63) is 30.5 Å². The van der Waals surface area contributed by atoms with Crippen LogP contribution in [0.1, 0.15) is 0 Å². The number of hydrogen-bond donors (Lipinski definition) is 0. The van der Waals surface area contributed by atoms with E-state index in [9.17, 15) is 0 Å². The van der Waals surface area contributed by atoms with Gasteiger partial charge in [-0.15, -0.1) is 0 Å². The fourth-order valence-electron chi connectivity index (χ4n) is 1.12. The molecule has 14 heavy (non-hydrogen) atoms. The van der Waals surface area contributed by atoms with Crippen molar-refractivity contribution < 1.29 is 0 Å². The summed E-state index contributed by atoms with van der Waals surface area (Å²) in [5, 5.41) is 5.13. The highest BCUT2D eigenvalue weighted by Gasteiger charge is 2.23. The minimum absolute atomic E-state index is 0.934. The summed E-state index contributed by atoms with van der Waals surface area (Å²) in [6.45, 7) is 0. The smallest absolute Gasteiger partial charge is 0.202 e. The minimum atomic E-state index is -1.39. The molecular weight excluding hydrogens is 263 g/mol. The zero-order valence-electron chi connectivity index (χ0n) is 6.82. The maximum absolute atomic E-state index is 5.66. The average Bonchev–Trinajstić information content (AvgIpc) is 2.47. The lowest BCUT2D eigenvalue weighted by atomic mass is 10.3. The van der Waals surface area contributed by atoms with Gasteiger partial charge in [-0.2, -0.15) is 5.10 Å². The Morgan fingerprint density at radius 3 is 2.64 bits per heavy atom. The van der Waals surface area contributed by atoms with Crippen LogP contribution in [0.5, 0.6) is 0 Å². The van der Waals surface area contributed by atoms with Crippen molar-refractivity contribution in [3.63, 3.8) is 0 Å². The molecule has 0 atom stereocenters. The first-order valence-corrected chi connectivity index (χ1v) is 5.66. The van der Waals surface area contributed by atoms with Gasteiger partial charge in [0.25, 0.3) is 3.12 Å². The van der Waals surface area contributed by atoms with Gasteiger partial charge in [-0.1, -0.05) is 53.0 Å². The molecule has 74 valence electrons. The van der Waals surface area contributed by atoms with Crippen LogP contribution in [0.3, 0.4) is 0 Å². The van der Waals surface area contributed by atoms with E-state index in [4.69, 9.17) is 34.8 Å². The third-order valence-corrected chi connectivity index (χ3v) is 2.93. The van der Waals surface area contributed by atoms with Gasteiger partial charge in [-0.3, -0.25) is 0 Å². The molecule has 0 spiro atoms. The van der Waals surface area contributed by atoms with Crippen molar-refractivity contribution in [3.8, 4) is 0 Å². The fourth-order valence-corrected chi connectivity index (χ4v) is 2.26. The van der Waals surface area contributed by atoms with E-state index >= 15 is 0 Å². The molecule has 0 aliphatic carbocycles. The molecule has 0 saturated heterocycles. The quantitative estimate of drug-likeness (QED) is 0.730. The molecule has 1 aromatic heterocycles. The standard InChI is InChI=1S/C8H5Cl3N2S/c9-8(10,11)14-13-7-4-2-1-3-6(7)5-12-13/h1-5H. The molecule has 6 heteroatoms. The van der Waals surface area contributed by atoms with Gasteiger partial charge in [0.05, 0.1) is 11.7 Å². The number of hydrogen-bond acceptors (Lipinski definition) is 2. The van der Waals surface area contributed by atoms with E-state index < -0.39 is 3.12 Å². The fraction of sp³-hybridized carbons (Fsp3) is 0.125. The van der Waals surface area contributed by atoms with Crippen molar-refractivity contribution in [2.75, 3.05) is 0 Å². The zero-order valence-corrected chi connectivity index (χ0v) is 9.91. The molecule has 0 aliphatic heterocycles. The lowest BCUT2D eigenvalue weighted by molar-refractivity contribution is 1.04. The van der Waals surface area contributed by atoms with E-state index in [1.165, 1.54) is 0 Å². The van der Waals surface area contributed by atoms with Crippen LogP contribution in [0.25, 0.3) is 10.9 Å². The van der Waals surface area contributed by atoms with Crippen LogP contribution in [0, 0.1) is 0 Å². The van der Waals surface area contributed by atoms with Crippen LogP contribution in [0.4, 0.5) is 0 Å². The summed E-state index contributed by atoms with van der Waals surface area (Å²) < 4.78 is 0.205. The number of fused-ring (bicyclic) bond motifs is 1. The second-order valence-corrected chi connectivity index (χ2v) is 6.71. The minimum Gasteiger partial charge on any atom is -0.202 e. The second kappa shape index (κ2) is 3.81. The summed E-state index contributed by atoms with van der Waals surface area (Å²) in [4.78, 5) is 0. The van der Waals surface area contributed by atoms with Crippen molar-refractivity contribution >= 4 is 57.7 Å². The van der Waals surface area contributed by atoms with E-state index in [0.29, 0.717) is 0 Å². The van der Waals surface area contributed by atoms with Crippen molar-refractivity contribution in [2.45, 2.75) is 3.12 Å². The molecule has 2 rings (SSSR count). The highest BCUT2D eigenvalue weighted by Crippen LogP contribution is 2.40. The lowest BCUT2D eigenvalue weighted by Gasteiger charge is -2.09. The number of alkyl halides is 3. The summed E-state index contributed by atoms with van der Waals surface area (Å²) in [5.41, 5.74) is 0.934. The predicted octanol–water partition coefficient (Wildman–Crippen LogP) is 3.86. The van der Waals surface area contributed by atoms with E-state index in [-0.39, 0.29) is 0 Å². The molecule has 0 fully saturated rings. The topological polar surface area (TPSA) is 17.8 Å². The first kappa shape index (κ1) is 10.4. The first-order chi connectivity index (χ1) is 6.56. The van der Waals surface area contributed by atoms with Gasteiger partial charge in [-0.25, -0.2) is 4.09 Å². The Balaban J connectivity index is 2.44. The van der Waals surface area contributed by atoms with E-state index in [2.05, 4.69) is 5.10 Å². The Hall–Kier alpha value is -0.0900. The van der Waals surface area contributed by atoms with Gasteiger partial charge in [0, 0.05) is 17.3 Å². The number of nitrogens with zero attached hydrogens (tertiary/aromatic N) is 2. The maximum atomic E-state index is 5.66. The summed E-state index contributed by atoms with van der Waals surface area (Å²) in [7, 11) is 0. The summed E-state index contributed by atoms with van der Waals surface area (Å²) in [6, 6.07) is 7.73. The zero-order chi connectivity index (χ0) is 10.2. The summed E-state index contributed by atoms with van der Waals surface area (Å²) in [6.07, 6.45) is 1.73. The number of halogens is 3. The average molecular weight is 268 g/mol. The van der Waals surface area contributed by atoms with Crippen LogP contribution in [-0.2, 0) is 0 Å². The molecule has 0 unspecified atom stereocenters. The number of aromatic nitrogens is 2. The van der Waals surface area contributed by atoms with Crippen molar-refractivity contribution in [1.82, 2.24) is 9.19 Å². The number of rotatable bonds is 1. The molecule has 0 amide bonds. The van der Waals surface area contributed by atoms with Crippen LogP contribution < -0.4 is 0 Å². The number of para-hydroxylation sites is 1. The van der Waals surface area contributed by atoms with Crippen molar-refractivity contribution in [2.24, 2.45) is 0 Å². The Kier molecular flexibility index (Phi) is 2.84. The first-order valence-electron chi connectivity index (χ1n) is 3.75. The molecule has 0 radical (unpaired) electrons. The molecule has 1 aromatic carbocycles. The molecular formula is C8H5Cl3N2S. The SMILES string of the molecule is ClC(Cl)(Cl)Sn1ncc2ccccc21. The second-order valence-electron chi connectivity index (χ2n) is 2.61. The van der Waals surface area contributed by atoms with Crippen LogP contribution in [0.15, 0.2) is 30.5 Å². The lowest BCUT2D eigenvalue weighted by Crippen LogP contribution is -2.01. The van der Waals surface area contributed by atoms with Crippen molar-refractivity contribution in [1.29, 1.82) is 0 Å².